The maximum Gasteiger partial charge on any atom is 0.335 e. The Morgan fingerprint density at radius 2 is 1.50 bits per heavy atom. The van der Waals surface area contributed by atoms with Crippen LogP contribution >= 0.6 is 0 Å². The molecule has 0 saturated heterocycles. The van der Waals surface area contributed by atoms with Crippen LogP contribution in [0.15, 0.2) is 102 Å². The van der Waals surface area contributed by atoms with Crippen molar-refractivity contribution in [3.63, 3.8) is 0 Å². The number of imide groups is 1. The normalized spacial score (nSPS) is 14.9. The molecule has 8 heteroatoms. The highest BCUT2D eigenvalue weighted by Gasteiger charge is 2.40. The van der Waals surface area contributed by atoms with Crippen LogP contribution in [-0.2, 0) is 14.4 Å². The molecule has 4 rings (SSSR count). The molecule has 0 aliphatic carbocycles. The fourth-order valence-corrected chi connectivity index (χ4v) is 4.09. The third-order valence-corrected chi connectivity index (χ3v) is 6.01. The molecule has 0 spiro atoms. The second kappa shape index (κ2) is 10.8. The van der Waals surface area contributed by atoms with Crippen LogP contribution in [0.1, 0.15) is 21.5 Å². The van der Waals surface area contributed by atoms with E-state index in [-0.39, 0.29) is 28.0 Å². The van der Waals surface area contributed by atoms with Crippen molar-refractivity contribution in [2.75, 3.05) is 23.9 Å². The molecule has 8 nitrogen and oxygen atoms in total. The summed E-state index contributed by atoms with van der Waals surface area (Å²) in [6.45, 7) is 0. The van der Waals surface area contributed by atoms with Gasteiger partial charge in [0.25, 0.3) is 17.7 Å². The summed E-state index contributed by atoms with van der Waals surface area (Å²) in [5.41, 5.74) is 8.07. The molecule has 0 atom stereocenters. The van der Waals surface area contributed by atoms with E-state index < -0.39 is 23.7 Å². The number of allylic oxidation sites excluding steroid dienone is 2. The lowest BCUT2D eigenvalue weighted by molar-refractivity contribution is -0.124. The molecule has 3 amide bonds. The first kappa shape index (κ1) is 25.8. The van der Waals surface area contributed by atoms with Crippen molar-refractivity contribution in [3.05, 3.63) is 119 Å². The highest BCUT2D eigenvalue weighted by Crippen LogP contribution is 2.36. The van der Waals surface area contributed by atoms with Gasteiger partial charge in [-0.1, -0.05) is 54.6 Å². The van der Waals surface area contributed by atoms with E-state index in [1.54, 1.807) is 48.6 Å². The highest BCUT2D eigenvalue weighted by molar-refractivity contribution is 6.43. The van der Waals surface area contributed by atoms with E-state index in [9.17, 15) is 24.3 Å². The van der Waals surface area contributed by atoms with Crippen molar-refractivity contribution in [2.24, 2.45) is 5.73 Å². The van der Waals surface area contributed by atoms with Gasteiger partial charge in [-0.05, 0) is 53.6 Å². The summed E-state index contributed by atoms with van der Waals surface area (Å²) in [5, 5.41) is 9.21. The first-order chi connectivity index (χ1) is 18.2. The van der Waals surface area contributed by atoms with Crippen molar-refractivity contribution in [3.8, 4) is 0 Å². The molecule has 38 heavy (non-hydrogen) atoms. The minimum absolute atomic E-state index is 0.0136. The minimum Gasteiger partial charge on any atom is -0.478 e. The number of amides is 3. The Morgan fingerprint density at radius 1 is 0.868 bits per heavy atom. The van der Waals surface area contributed by atoms with Crippen LogP contribution in [0.3, 0.4) is 0 Å². The van der Waals surface area contributed by atoms with Gasteiger partial charge in [-0.15, -0.1) is 0 Å². The van der Waals surface area contributed by atoms with Crippen molar-refractivity contribution >= 4 is 46.7 Å². The van der Waals surface area contributed by atoms with Crippen molar-refractivity contribution < 1.29 is 24.3 Å². The first-order valence-corrected chi connectivity index (χ1v) is 11.7. The number of aromatic carboxylic acids is 1. The van der Waals surface area contributed by atoms with E-state index in [0.717, 1.165) is 16.2 Å². The highest BCUT2D eigenvalue weighted by atomic mass is 16.4. The fourth-order valence-electron chi connectivity index (χ4n) is 4.09. The Morgan fingerprint density at radius 3 is 2.05 bits per heavy atom. The smallest absolute Gasteiger partial charge is 0.335 e. The van der Waals surface area contributed by atoms with Gasteiger partial charge in [0.15, 0.2) is 0 Å². The number of nitrogens with two attached hydrogens (primary N) is 1. The average molecular weight is 508 g/mol. The number of rotatable bonds is 7. The number of primary amides is 1. The van der Waals surface area contributed by atoms with Crippen LogP contribution in [0.25, 0.3) is 11.6 Å². The molecule has 0 fully saturated rings. The van der Waals surface area contributed by atoms with E-state index in [1.165, 1.54) is 24.3 Å². The van der Waals surface area contributed by atoms with E-state index >= 15 is 0 Å². The summed E-state index contributed by atoms with van der Waals surface area (Å²) in [7, 11) is 3.89. The molecule has 0 aromatic heterocycles. The zero-order valence-corrected chi connectivity index (χ0v) is 20.8. The Hall–Kier alpha value is -5.24. The number of carbonyl (C=O) groups is 4. The van der Waals surface area contributed by atoms with Gasteiger partial charge in [-0.3, -0.25) is 14.4 Å². The van der Waals surface area contributed by atoms with Crippen molar-refractivity contribution in [1.82, 2.24) is 0 Å². The molecule has 0 bridgehead atoms. The fraction of sp³-hybridized carbons (Fsp3) is 0.0667. The second-order valence-electron chi connectivity index (χ2n) is 8.70. The Balaban J connectivity index is 1.85. The topological polar surface area (TPSA) is 121 Å². The predicted molar refractivity (Wildman–Crippen MR) is 146 cm³/mol. The lowest BCUT2D eigenvalue weighted by Gasteiger charge is -2.30. The third-order valence-electron chi connectivity index (χ3n) is 6.01. The van der Waals surface area contributed by atoms with Crippen LogP contribution in [0.5, 0.6) is 0 Å². The molecule has 3 aromatic carbocycles. The minimum atomic E-state index is -1.15. The van der Waals surface area contributed by atoms with Gasteiger partial charge in [0.2, 0.25) is 0 Å². The molecular formula is C30H25N3O5. The molecule has 1 aliphatic heterocycles. The summed E-state index contributed by atoms with van der Waals surface area (Å²) in [5.74, 6) is -3.69. The van der Waals surface area contributed by atoms with Crippen LogP contribution in [0.4, 0.5) is 11.4 Å². The molecule has 190 valence electrons. The number of carboxylic acid groups (broad SMARTS) is 1. The monoisotopic (exact) mass is 507 g/mol. The van der Waals surface area contributed by atoms with Gasteiger partial charge in [-0.2, -0.15) is 0 Å². The summed E-state index contributed by atoms with van der Waals surface area (Å²) >= 11 is 0. The predicted octanol–water partition coefficient (Wildman–Crippen LogP) is 3.90. The van der Waals surface area contributed by atoms with Crippen LogP contribution in [0.2, 0.25) is 0 Å². The third kappa shape index (κ3) is 5.15. The molecule has 3 aromatic rings. The average Bonchev–Trinajstić information content (AvgIpc) is 2.90. The summed E-state index contributed by atoms with van der Waals surface area (Å²) in [6, 6.07) is 21.6. The Kier molecular flexibility index (Phi) is 7.34. The van der Waals surface area contributed by atoms with E-state index in [0.29, 0.717) is 5.56 Å². The Labute approximate surface area is 219 Å². The lowest BCUT2D eigenvalue weighted by Crippen LogP contribution is -2.46. The lowest BCUT2D eigenvalue weighted by atomic mass is 9.87. The van der Waals surface area contributed by atoms with Gasteiger partial charge in [0.05, 0.1) is 11.3 Å². The van der Waals surface area contributed by atoms with E-state index in [2.05, 4.69) is 0 Å². The maximum atomic E-state index is 13.8. The van der Waals surface area contributed by atoms with Crippen LogP contribution in [0, 0.1) is 0 Å². The van der Waals surface area contributed by atoms with Crippen LogP contribution < -0.4 is 15.5 Å². The molecule has 1 aliphatic rings. The van der Waals surface area contributed by atoms with Gasteiger partial charge in [0.1, 0.15) is 5.57 Å². The second-order valence-corrected chi connectivity index (χ2v) is 8.70. The number of hydrogen-bond acceptors (Lipinski definition) is 5. The van der Waals surface area contributed by atoms with Crippen LogP contribution in [-0.4, -0.2) is 42.9 Å². The van der Waals surface area contributed by atoms with Gasteiger partial charge in [-0.25, -0.2) is 9.69 Å². The molecular weight excluding hydrogens is 482 g/mol. The largest absolute Gasteiger partial charge is 0.478 e. The summed E-state index contributed by atoms with van der Waals surface area (Å²) < 4.78 is 0. The SMILES string of the molecule is CN(C)c1ccc(C=C/C=C2\C(=O)N(c3ccc(C(=O)O)cc3)C(=O)C(C(N)=O)=C2c2ccccc2)cc1. The molecule has 0 unspecified atom stereocenters. The number of benzene rings is 3. The van der Waals surface area contributed by atoms with Crippen molar-refractivity contribution in [2.45, 2.75) is 0 Å². The van der Waals surface area contributed by atoms with Crippen molar-refractivity contribution in [1.29, 1.82) is 0 Å². The number of hydrogen-bond donors (Lipinski definition) is 2. The molecule has 0 radical (unpaired) electrons. The quantitative estimate of drug-likeness (QED) is 0.284. The molecule has 0 saturated carbocycles. The van der Waals surface area contributed by atoms with E-state index in [4.69, 9.17) is 5.73 Å². The molecule has 1 heterocycles. The van der Waals surface area contributed by atoms with E-state index in [1.807, 2.05) is 43.3 Å². The summed E-state index contributed by atoms with van der Waals surface area (Å²) in [6.07, 6.45) is 5.01. The number of carboxylic acids is 1. The first-order valence-electron chi connectivity index (χ1n) is 11.7. The molecule has 3 N–H and O–H groups in total. The van der Waals surface area contributed by atoms with Gasteiger partial charge in [0, 0.05) is 30.9 Å². The summed E-state index contributed by atoms with van der Waals surface area (Å²) in [4.78, 5) is 53.9. The zero-order chi connectivity index (χ0) is 27.4. The maximum absolute atomic E-state index is 13.8. The Bertz CT molecular complexity index is 1500. The van der Waals surface area contributed by atoms with Gasteiger partial charge < -0.3 is 15.7 Å². The number of anilines is 2. The van der Waals surface area contributed by atoms with Gasteiger partial charge >= 0.3 is 5.97 Å². The number of carbonyl (C=O) groups excluding carboxylic acids is 3. The zero-order valence-electron chi connectivity index (χ0n) is 20.8. The standard InChI is InChI=1S/C30H25N3O5/c1-32(2)22-15-11-19(12-16-22)7-6-10-24-25(20-8-4-3-5-9-20)26(27(31)34)29(36)33(28(24)35)23-17-13-21(14-18-23)30(37)38/h3-18H,1-2H3,(H2,31,34)(H,37,38)/b7-6?,24-10-. The number of nitrogens with zero attached hydrogens (tertiary/aromatic N) is 2.